The minimum atomic E-state index is -0.606. The minimum Gasteiger partial charge on any atom is -0.444 e. The second-order valence-electron chi connectivity index (χ2n) is 4.18. The van der Waals surface area contributed by atoms with E-state index >= 15 is 0 Å². The molecule has 0 aliphatic rings. The van der Waals surface area contributed by atoms with Gasteiger partial charge >= 0.3 is 6.09 Å². The van der Waals surface area contributed by atoms with Gasteiger partial charge in [-0.05, 0) is 48.8 Å². The molecular weight excluding hydrogens is 276 g/mol. The van der Waals surface area contributed by atoms with Gasteiger partial charge in [0.05, 0.1) is 4.47 Å². The highest BCUT2D eigenvalue weighted by atomic mass is 79.9. The standard InChI is InChI=1S/C10H13BrN2O3/c1-10(2,3)16-9(15)13-7-5-4-6(11)8(14)12-7/h4-5H,1-3H3,(H2,12,13,14,15). The molecule has 88 valence electrons. The van der Waals surface area contributed by atoms with Crippen molar-refractivity contribution >= 4 is 27.8 Å². The second kappa shape index (κ2) is 4.69. The summed E-state index contributed by atoms with van der Waals surface area (Å²) in [7, 11) is 0. The van der Waals surface area contributed by atoms with E-state index in [4.69, 9.17) is 4.74 Å². The van der Waals surface area contributed by atoms with E-state index in [-0.39, 0.29) is 5.56 Å². The van der Waals surface area contributed by atoms with E-state index in [1.54, 1.807) is 32.9 Å². The number of H-pyrrole nitrogens is 1. The highest BCUT2D eigenvalue weighted by Crippen LogP contribution is 2.10. The first kappa shape index (κ1) is 12.8. The van der Waals surface area contributed by atoms with Gasteiger partial charge in [0.15, 0.2) is 0 Å². The van der Waals surface area contributed by atoms with Gasteiger partial charge in [-0.25, -0.2) is 4.79 Å². The molecule has 0 saturated heterocycles. The van der Waals surface area contributed by atoms with Crippen LogP contribution in [0.1, 0.15) is 20.8 Å². The van der Waals surface area contributed by atoms with Gasteiger partial charge in [-0.1, -0.05) is 0 Å². The van der Waals surface area contributed by atoms with Crippen LogP contribution in [0.5, 0.6) is 0 Å². The maximum atomic E-state index is 11.4. The van der Waals surface area contributed by atoms with E-state index in [9.17, 15) is 9.59 Å². The lowest BCUT2D eigenvalue weighted by atomic mass is 10.2. The number of pyridine rings is 1. The fourth-order valence-electron chi connectivity index (χ4n) is 0.942. The molecule has 0 bridgehead atoms. The van der Waals surface area contributed by atoms with Gasteiger partial charge in [-0.3, -0.25) is 10.1 Å². The molecule has 0 atom stereocenters. The molecule has 0 fully saturated rings. The van der Waals surface area contributed by atoms with E-state index in [2.05, 4.69) is 26.2 Å². The number of aromatic amines is 1. The van der Waals surface area contributed by atoms with Gasteiger partial charge in [-0.2, -0.15) is 0 Å². The molecule has 0 aliphatic carbocycles. The first-order valence-electron chi connectivity index (χ1n) is 4.67. The number of aromatic nitrogens is 1. The number of carbonyl (C=O) groups is 1. The van der Waals surface area contributed by atoms with Crippen molar-refractivity contribution in [2.45, 2.75) is 26.4 Å². The summed E-state index contributed by atoms with van der Waals surface area (Å²) in [5.41, 5.74) is -0.881. The van der Waals surface area contributed by atoms with Crippen LogP contribution in [0.3, 0.4) is 0 Å². The summed E-state index contributed by atoms with van der Waals surface area (Å²) in [6, 6.07) is 3.11. The number of hydrogen-bond donors (Lipinski definition) is 2. The highest BCUT2D eigenvalue weighted by Gasteiger charge is 2.16. The summed E-state index contributed by atoms with van der Waals surface area (Å²) in [5.74, 6) is 0.294. The Hall–Kier alpha value is -1.30. The molecule has 5 nitrogen and oxygen atoms in total. The van der Waals surface area contributed by atoms with Crippen LogP contribution in [-0.4, -0.2) is 16.7 Å². The number of carbonyl (C=O) groups excluding carboxylic acids is 1. The molecule has 0 aromatic carbocycles. The number of ether oxygens (including phenoxy) is 1. The first-order chi connectivity index (χ1) is 7.28. The zero-order valence-electron chi connectivity index (χ0n) is 9.26. The largest absolute Gasteiger partial charge is 0.444 e. The summed E-state index contributed by atoms with van der Waals surface area (Å²) in [6.07, 6.45) is -0.606. The summed E-state index contributed by atoms with van der Waals surface area (Å²) in [6.45, 7) is 5.28. The summed E-state index contributed by atoms with van der Waals surface area (Å²) in [5, 5.41) is 2.43. The van der Waals surface area contributed by atoms with Gasteiger partial charge in [-0.15, -0.1) is 0 Å². The van der Waals surface area contributed by atoms with Gasteiger partial charge in [0.25, 0.3) is 5.56 Å². The van der Waals surface area contributed by atoms with Crippen LogP contribution in [0.25, 0.3) is 0 Å². The van der Waals surface area contributed by atoms with Crippen LogP contribution >= 0.6 is 15.9 Å². The van der Waals surface area contributed by atoms with E-state index in [1.165, 1.54) is 0 Å². The van der Waals surface area contributed by atoms with Crippen LogP contribution in [0, 0.1) is 0 Å². The third kappa shape index (κ3) is 4.06. The molecule has 0 unspecified atom stereocenters. The van der Waals surface area contributed by atoms with Crippen LogP contribution < -0.4 is 10.9 Å². The maximum absolute atomic E-state index is 11.4. The summed E-state index contributed by atoms with van der Waals surface area (Å²) < 4.78 is 5.43. The van der Waals surface area contributed by atoms with Gasteiger partial charge < -0.3 is 9.72 Å². The SMILES string of the molecule is CC(C)(C)OC(=O)Nc1ccc(Br)c(=O)[nH]1. The third-order valence-electron chi connectivity index (χ3n) is 1.50. The number of amides is 1. The van der Waals surface area contributed by atoms with Crippen molar-refractivity contribution in [2.24, 2.45) is 0 Å². The van der Waals surface area contributed by atoms with Crippen molar-refractivity contribution in [3.05, 3.63) is 27.0 Å². The maximum Gasteiger partial charge on any atom is 0.413 e. The number of anilines is 1. The van der Waals surface area contributed by atoms with E-state index in [1.807, 2.05) is 0 Å². The average Bonchev–Trinajstić information content (AvgIpc) is 2.08. The van der Waals surface area contributed by atoms with Crippen molar-refractivity contribution in [2.75, 3.05) is 5.32 Å². The second-order valence-corrected chi connectivity index (χ2v) is 5.03. The summed E-state index contributed by atoms with van der Waals surface area (Å²) in [4.78, 5) is 25.0. The Morgan fingerprint density at radius 2 is 2.06 bits per heavy atom. The van der Waals surface area contributed by atoms with Crippen molar-refractivity contribution in [1.29, 1.82) is 0 Å². The smallest absolute Gasteiger partial charge is 0.413 e. The molecule has 1 heterocycles. The van der Waals surface area contributed by atoms with Gasteiger partial charge in [0.2, 0.25) is 0 Å². The third-order valence-corrected chi connectivity index (χ3v) is 2.12. The molecule has 1 aromatic rings. The number of halogens is 1. The molecule has 2 N–H and O–H groups in total. The normalized spacial score (nSPS) is 11.0. The first-order valence-corrected chi connectivity index (χ1v) is 5.46. The molecule has 0 spiro atoms. The average molecular weight is 289 g/mol. The zero-order chi connectivity index (χ0) is 12.3. The van der Waals surface area contributed by atoms with Gasteiger partial charge in [0.1, 0.15) is 11.4 Å². The van der Waals surface area contributed by atoms with E-state index < -0.39 is 11.7 Å². The predicted molar refractivity (Wildman–Crippen MR) is 64.6 cm³/mol. The molecule has 1 aromatic heterocycles. The number of nitrogens with one attached hydrogen (secondary N) is 2. The molecule has 1 amide bonds. The quantitative estimate of drug-likeness (QED) is 0.834. The Morgan fingerprint density at radius 3 is 2.56 bits per heavy atom. The van der Waals surface area contributed by atoms with Crippen molar-refractivity contribution < 1.29 is 9.53 Å². The van der Waals surface area contributed by atoms with Crippen molar-refractivity contribution in [3.8, 4) is 0 Å². The fraction of sp³-hybridized carbons (Fsp3) is 0.400. The molecule has 0 saturated carbocycles. The lowest BCUT2D eigenvalue weighted by molar-refractivity contribution is 0.0635. The number of rotatable bonds is 1. The number of hydrogen-bond acceptors (Lipinski definition) is 3. The Labute approximate surface area is 101 Å². The fourth-order valence-corrected chi connectivity index (χ4v) is 1.17. The van der Waals surface area contributed by atoms with Crippen molar-refractivity contribution in [1.82, 2.24) is 4.98 Å². The van der Waals surface area contributed by atoms with Crippen LogP contribution in [0.4, 0.5) is 10.6 Å². The van der Waals surface area contributed by atoms with E-state index in [0.29, 0.717) is 10.3 Å². The van der Waals surface area contributed by atoms with E-state index in [0.717, 1.165) is 0 Å². The van der Waals surface area contributed by atoms with Crippen LogP contribution in [0.15, 0.2) is 21.4 Å². The Kier molecular flexibility index (Phi) is 3.74. The van der Waals surface area contributed by atoms with Gasteiger partial charge in [0, 0.05) is 0 Å². The summed E-state index contributed by atoms with van der Waals surface area (Å²) >= 11 is 3.06. The molecule has 1 rings (SSSR count). The molecule has 0 radical (unpaired) electrons. The molecule has 6 heteroatoms. The Morgan fingerprint density at radius 1 is 1.44 bits per heavy atom. The predicted octanol–water partition coefficient (Wildman–Crippen LogP) is 2.48. The Balaban J connectivity index is 2.71. The monoisotopic (exact) mass is 288 g/mol. The highest BCUT2D eigenvalue weighted by molar-refractivity contribution is 9.10. The topological polar surface area (TPSA) is 71.2 Å². The molecular formula is C10H13BrN2O3. The lowest BCUT2D eigenvalue weighted by Gasteiger charge is -2.19. The Bertz CT molecular complexity index is 448. The minimum absolute atomic E-state index is 0.294. The molecule has 16 heavy (non-hydrogen) atoms. The van der Waals surface area contributed by atoms with Crippen LogP contribution in [-0.2, 0) is 4.74 Å². The zero-order valence-corrected chi connectivity index (χ0v) is 10.8. The lowest BCUT2D eigenvalue weighted by Crippen LogP contribution is -2.28. The van der Waals surface area contributed by atoms with Crippen LogP contribution in [0.2, 0.25) is 0 Å². The van der Waals surface area contributed by atoms with Crippen molar-refractivity contribution in [3.63, 3.8) is 0 Å². The molecule has 0 aliphatic heterocycles.